The number of hydrogen-bond acceptors (Lipinski definition) is 3. The number of aromatic hydroxyl groups is 1. The van der Waals surface area contributed by atoms with Gasteiger partial charge in [-0.2, -0.15) is 0 Å². The fraction of sp³-hybridized carbons (Fsp3) is 0.500. The second-order valence-electron chi connectivity index (χ2n) is 4.33. The highest BCUT2D eigenvalue weighted by molar-refractivity contribution is 5.66. The van der Waals surface area contributed by atoms with E-state index in [2.05, 4.69) is 6.92 Å². The Morgan fingerprint density at radius 3 is 2.56 bits per heavy atom. The minimum absolute atomic E-state index is 0.0253. The molecule has 0 fully saturated rings. The maximum Gasteiger partial charge on any atom is 0.511 e. The number of ether oxygens (including phenoxy) is 1. The number of phenols is 1. The van der Waals surface area contributed by atoms with Gasteiger partial charge in [-0.25, -0.2) is 4.79 Å². The number of carboxylic acid groups (broad SMARTS) is 1. The monoisotopic (exact) mass is 252 g/mol. The molecule has 0 aliphatic rings. The topological polar surface area (TPSA) is 66.8 Å². The highest BCUT2D eigenvalue weighted by Crippen LogP contribution is 2.37. The van der Waals surface area contributed by atoms with Crippen molar-refractivity contribution in [2.24, 2.45) is 0 Å². The van der Waals surface area contributed by atoms with Crippen LogP contribution in [0.5, 0.6) is 11.5 Å². The van der Waals surface area contributed by atoms with Gasteiger partial charge >= 0.3 is 6.16 Å². The molecule has 1 aromatic rings. The van der Waals surface area contributed by atoms with Crippen LogP contribution in [0, 0.1) is 6.92 Å². The van der Waals surface area contributed by atoms with E-state index in [1.807, 2.05) is 19.9 Å². The van der Waals surface area contributed by atoms with Gasteiger partial charge in [-0.15, -0.1) is 0 Å². The molecule has 1 rings (SSSR count). The number of carbonyl (C=O) groups is 1. The zero-order chi connectivity index (χ0) is 13.7. The number of benzene rings is 1. The van der Waals surface area contributed by atoms with Crippen LogP contribution in [0.15, 0.2) is 6.07 Å². The molecule has 2 N–H and O–H groups in total. The minimum Gasteiger partial charge on any atom is -0.504 e. The normalized spacial score (nSPS) is 10.4. The third-order valence-electron chi connectivity index (χ3n) is 3.01. The molecule has 0 bridgehead atoms. The van der Waals surface area contributed by atoms with E-state index >= 15 is 0 Å². The van der Waals surface area contributed by atoms with E-state index in [4.69, 9.17) is 9.84 Å². The Kier molecular flexibility index (Phi) is 5.01. The van der Waals surface area contributed by atoms with Gasteiger partial charge in [0.15, 0.2) is 11.5 Å². The van der Waals surface area contributed by atoms with Crippen molar-refractivity contribution >= 4 is 6.16 Å². The maximum absolute atomic E-state index is 10.7. The first-order valence-electron chi connectivity index (χ1n) is 6.26. The second kappa shape index (κ2) is 6.28. The first-order valence-corrected chi connectivity index (χ1v) is 6.26. The summed E-state index contributed by atoms with van der Waals surface area (Å²) in [5, 5.41) is 18.9. The number of unbranched alkanes of at least 4 members (excludes halogenated alkanes) is 1. The fourth-order valence-corrected chi connectivity index (χ4v) is 2.02. The van der Waals surface area contributed by atoms with E-state index in [9.17, 15) is 9.90 Å². The zero-order valence-electron chi connectivity index (χ0n) is 11.1. The number of rotatable bonds is 5. The van der Waals surface area contributed by atoms with Crippen LogP contribution < -0.4 is 4.74 Å². The highest BCUT2D eigenvalue weighted by Gasteiger charge is 2.18. The lowest BCUT2D eigenvalue weighted by Crippen LogP contribution is -2.07. The number of phenolic OH excluding ortho intramolecular Hbond substituents is 1. The molecule has 0 aromatic heterocycles. The molecular formula is C14H20O4. The summed E-state index contributed by atoms with van der Waals surface area (Å²) in [4.78, 5) is 10.7. The summed E-state index contributed by atoms with van der Waals surface area (Å²) in [5.74, 6) is 0.0596. The number of hydrogen-bond donors (Lipinski definition) is 2. The van der Waals surface area contributed by atoms with Crippen molar-refractivity contribution in [3.63, 3.8) is 0 Å². The molecule has 0 aliphatic carbocycles. The molecule has 0 radical (unpaired) electrons. The van der Waals surface area contributed by atoms with E-state index < -0.39 is 6.16 Å². The molecule has 100 valence electrons. The lowest BCUT2D eigenvalue weighted by molar-refractivity contribution is 0.142. The van der Waals surface area contributed by atoms with Crippen LogP contribution in [0.3, 0.4) is 0 Å². The van der Waals surface area contributed by atoms with Crippen LogP contribution in [-0.2, 0) is 12.8 Å². The summed E-state index contributed by atoms with van der Waals surface area (Å²) in [6, 6.07) is 1.89. The summed E-state index contributed by atoms with van der Waals surface area (Å²) in [7, 11) is 0. The minimum atomic E-state index is -1.40. The van der Waals surface area contributed by atoms with Crippen LogP contribution in [0.2, 0.25) is 0 Å². The number of aryl methyl sites for hydroxylation is 2. The Morgan fingerprint density at radius 2 is 2.06 bits per heavy atom. The molecule has 1 aromatic carbocycles. The van der Waals surface area contributed by atoms with Crippen molar-refractivity contribution < 1.29 is 19.7 Å². The predicted molar refractivity (Wildman–Crippen MR) is 69.5 cm³/mol. The van der Waals surface area contributed by atoms with Crippen molar-refractivity contribution in [1.29, 1.82) is 0 Å². The van der Waals surface area contributed by atoms with E-state index in [1.54, 1.807) is 0 Å². The van der Waals surface area contributed by atoms with E-state index in [0.29, 0.717) is 12.0 Å². The Hall–Kier alpha value is -1.71. The lowest BCUT2D eigenvalue weighted by atomic mass is 9.97. The quantitative estimate of drug-likeness (QED) is 0.620. The molecule has 0 spiro atoms. The van der Waals surface area contributed by atoms with Gasteiger partial charge < -0.3 is 14.9 Å². The van der Waals surface area contributed by atoms with Crippen LogP contribution in [0.25, 0.3) is 0 Å². The Labute approximate surface area is 107 Å². The van der Waals surface area contributed by atoms with E-state index in [0.717, 1.165) is 30.4 Å². The van der Waals surface area contributed by atoms with Crippen LogP contribution in [-0.4, -0.2) is 16.4 Å². The smallest absolute Gasteiger partial charge is 0.504 e. The largest absolute Gasteiger partial charge is 0.511 e. The van der Waals surface area contributed by atoms with Crippen molar-refractivity contribution in [1.82, 2.24) is 0 Å². The van der Waals surface area contributed by atoms with Gasteiger partial charge in [0, 0.05) is 5.56 Å². The molecule has 0 aliphatic heterocycles. The summed E-state index contributed by atoms with van der Waals surface area (Å²) in [6.07, 6.45) is 1.92. The van der Waals surface area contributed by atoms with Gasteiger partial charge in [0.05, 0.1) is 0 Å². The summed E-state index contributed by atoms with van der Waals surface area (Å²) in [5.41, 5.74) is 2.48. The van der Waals surface area contributed by atoms with Crippen molar-refractivity contribution in [2.75, 3.05) is 0 Å². The van der Waals surface area contributed by atoms with Crippen molar-refractivity contribution in [3.05, 3.63) is 22.8 Å². The molecule has 0 atom stereocenters. The Morgan fingerprint density at radius 1 is 1.39 bits per heavy atom. The molecule has 0 saturated carbocycles. The molecule has 4 heteroatoms. The Balaban J connectivity index is 3.24. The fourth-order valence-electron chi connectivity index (χ4n) is 2.02. The molecular weight excluding hydrogens is 232 g/mol. The van der Waals surface area contributed by atoms with Gasteiger partial charge in [0.25, 0.3) is 0 Å². The summed E-state index contributed by atoms with van der Waals surface area (Å²) < 4.78 is 4.71. The van der Waals surface area contributed by atoms with Gasteiger partial charge in [-0.3, -0.25) is 0 Å². The first kappa shape index (κ1) is 14.4. The molecule has 0 saturated heterocycles. The molecule has 0 unspecified atom stereocenters. The van der Waals surface area contributed by atoms with Crippen molar-refractivity contribution in [2.45, 2.75) is 46.5 Å². The average Bonchev–Trinajstić information content (AvgIpc) is 2.32. The zero-order valence-corrected chi connectivity index (χ0v) is 11.1. The molecule has 18 heavy (non-hydrogen) atoms. The lowest BCUT2D eigenvalue weighted by Gasteiger charge is -2.15. The summed E-state index contributed by atoms with van der Waals surface area (Å²) >= 11 is 0. The Bertz CT molecular complexity index is 438. The van der Waals surface area contributed by atoms with Crippen molar-refractivity contribution in [3.8, 4) is 11.5 Å². The maximum atomic E-state index is 10.7. The second-order valence-corrected chi connectivity index (χ2v) is 4.33. The molecule has 0 heterocycles. The van der Waals surface area contributed by atoms with E-state index in [1.165, 1.54) is 0 Å². The third-order valence-corrected chi connectivity index (χ3v) is 3.01. The summed E-state index contributed by atoms with van der Waals surface area (Å²) in [6.45, 7) is 5.89. The van der Waals surface area contributed by atoms with Gasteiger partial charge in [-0.05, 0) is 37.3 Å². The van der Waals surface area contributed by atoms with Crippen LogP contribution >= 0.6 is 0 Å². The van der Waals surface area contributed by atoms with Gasteiger partial charge in [0.2, 0.25) is 0 Å². The standard InChI is InChI=1S/C14H20O4/c1-4-6-7-11-9(3)8-10(5-2)13(12(11)15)18-14(16)17/h8,15H,4-7H2,1-3H3,(H,16,17). The van der Waals surface area contributed by atoms with Crippen LogP contribution in [0.4, 0.5) is 4.79 Å². The van der Waals surface area contributed by atoms with Gasteiger partial charge in [0.1, 0.15) is 0 Å². The van der Waals surface area contributed by atoms with Gasteiger partial charge in [-0.1, -0.05) is 26.3 Å². The van der Waals surface area contributed by atoms with E-state index in [-0.39, 0.29) is 11.5 Å². The molecule has 0 amide bonds. The third kappa shape index (κ3) is 3.15. The molecule has 4 nitrogen and oxygen atoms in total. The SMILES string of the molecule is CCCCc1c(C)cc(CC)c(OC(=O)O)c1O. The highest BCUT2D eigenvalue weighted by atomic mass is 16.7. The predicted octanol–water partition coefficient (Wildman–Crippen LogP) is 3.66. The first-order chi connectivity index (χ1) is 8.51. The van der Waals surface area contributed by atoms with Crippen LogP contribution in [0.1, 0.15) is 43.4 Å². The average molecular weight is 252 g/mol.